The summed E-state index contributed by atoms with van der Waals surface area (Å²) >= 11 is 0. The van der Waals surface area contributed by atoms with Gasteiger partial charge in [0.25, 0.3) is 0 Å². The van der Waals surface area contributed by atoms with Gasteiger partial charge in [0.15, 0.2) is 17.4 Å². The van der Waals surface area contributed by atoms with Crippen molar-refractivity contribution in [1.82, 2.24) is 20.1 Å². The third-order valence-corrected chi connectivity index (χ3v) is 4.15. The van der Waals surface area contributed by atoms with Gasteiger partial charge in [-0.15, -0.1) is 0 Å². The standard InChI is InChI=1S/C17H21FN4O2/c1-12-19-17(21-20-12)14-7-4-5-10-22(14)16(23)9-11-24-15-8-3-2-6-13(15)18/h2-3,6,8,14H,4-5,7,9-11H2,1H3,(H,19,20,21)/t14-/m1/s1. The first kappa shape index (κ1) is 16.4. The Morgan fingerprint density at radius 1 is 1.42 bits per heavy atom. The van der Waals surface area contributed by atoms with Crippen molar-refractivity contribution in [3.8, 4) is 5.75 Å². The molecule has 128 valence electrons. The summed E-state index contributed by atoms with van der Waals surface area (Å²) in [4.78, 5) is 18.7. The van der Waals surface area contributed by atoms with E-state index in [1.54, 1.807) is 18.2 Å². The number of aromatic nitrogens is 3. The van der Waals surface area contributed by atoms with E-state index >= 15 is 0 Å². The number of ether oxygens (including phenoxy) is 1. The Kier molecular flexibility index (Phi) is 5.08. The van der Waals surface area contributed by atoms with E-state index < -0.39 is 5.82 Å². The number of piperidine rings is 1. The lowest BCUT2D eigenvalue weighted by Gasteiger charge is -2.34. The van der Waals surface area contributed by atoms with Gasteiger partial charge in [-0.25, -0.2) is 9.37 Å². The van der Waals surface area contributed by atoms with Gasteiger partial charge in [-0.1, -0.05) is 12.1 Å². The Morgan fingerprint density at radius 2 is 2.25 bits per heavy atom. The fraction of sp³-hybridized carbons (Fsp3) is 0.471. The van der Waals surface area contributed by atoms with Crippen LogP contribution >= 0.6 is 0 Å². The monoisotopic (exact) mass is 332 g/mol. The minimum absolute atomic E-state index is 0.0153. The van der Waals surface area contributed by atoms with E-state index in [0.29, 0.717) is 12.4 Å². The summed E-state index contributed by atoms with van der Waals surface area (Å²) in [6, 6.07) is 6.10. The molecule has 1 aliphatic rings. The number of carbonyl (C=O) groups is 1. The highest BCUT2D eigenvalue weighted by atomic mass is 19.1. The fourth-order valence-electron chi connectivity index (χ4n) is 2.96. The Labute approximate surface area is 140 Å². The number of rotatable bonds is 5. The topological polar surface area (TPSA) is 71.1 Å². The van der Waals surface area contributed by atoms with Crippen LogP contribution in [0.25, 0.3) is 0 Å². The first-order chi connectivity index (χ1) is 11.6. The van der Waals surface area contributed by atoms with E-state index in [1.165, 1.54) is 6.07 Å². The number of benzene rings is 1. The van der Waals surface area contributed by atoms with Crippen LogP contribution in [0, 0.1) is 12.7 Å². The molecule has 0 spiro atoms. The Morgan fingerprint density at radius 3 is 3.00 bits per heavy atom. The molecule has 1 atom stereocenters. The molecule has 3 rings (SSSR count). The van der Waals surface area contributed by atoms with Crippen molar-refractivity contribution in [3.05, 3.63) is 41.7 Å². The van der Waals surface area contributed by atoms with Crippen LogP contribution in [-0.4, -0.2) is 39.1 Å². The second kappa shape index (κ2) is 7.42. The lowest BCUT2D eigenvalue weighted by Crippen LogP contribution is -2.39. The van der Waals surface area contributed by atoms with E-state index in [4.69, 9.17) is 4.74 Å². The summed E-state index contributed by atoms with van der Waals surface area (Å²) in [5, 5.41) is 7.03. The number of H-pyrrole nitrogens is 1. The minimum atomic E-state index is -0.419. The number of halogens is 1. The second-order valence-corrected chi connectivity index (χ2v) is 5.91. The number of nitrogens with zero attached hydrogens (tertiary/aromatic N) is 3. The molecule has 1 N–H and O–H groups in total. The molecule has 1 amide bonds. The molecule has 1 aliphatic heterocycles. The van der Waals surface area contributed by atoms with Gasteiger partial charge < -0.3 is 9.64 Å². The average Bonchev–Trinajstić information content (AvgIpc) is 3.03. The van der Waals surface area contributed by atoms with Crippen LogP contribution in [0.15, 0.2) is 24.3 Å². The Bertz CT molecular complexity index is 703. The summed E-state index contributed by atoms with van der Waals surface area (Å²) in [5.74, 6) is 1.14. The van der Waals surface area contributed by atoms with E-state index in [9.17, 15) is 9.18 Å². The highest BCUT2D eigenvalue weighted by molar-refractivity contribution is 5.76. The summed E-state index contributed by atoms with van der Waals surface area (Å²) < 4.78 is 18.9. The molecule has 1 aromatic carbocycles. The number of hydrogen-bond acceptors (Lipinski definition) is 4. The molecule has 0 saturated carbocycles. The maximum absolute atomic E-state index is 13.5. The molecule has 0 radical (unpaired) electrons. The number of nitrogens with one attached hydrogen (secondary N) is 1. The van der Waals surface area contributed by atoms with Crippen LogP contribution in [0.4, 0.5) is 4.39 Å². The van der Waals surface area contributed by atoms with Crippen molar-refractivity contribution in [2.75, 3.05) is 13.2 Å². The van der Waals surface area contributed by atoms with Gasteiger partial charge in [0.2, 0.25) is 5.91 Å². The number of hydrogen-bond donors (Lipinski definition) is 1. The molecule has 0 aliphatic carbocycles. The van der Waals surface area contributed by atoms with Crippen LogP contribution < -0.4 is 4.74 Å². The summed E-state index contributed by atoms with van der Waals surface area (Å²) in [7, 11) is 0. The fourth-order valence-corrected chi connectivity index (χ4v) is 2.96. The lowest BCUT2D eigenvalue weighted by molar-refractivity contribution is -0.135. The van der Waals surface area contributed by atoms with Crippen LogP contribution in [-0.2, 0) is 4.79 Å². The molecule has 1 aromatic heterocycles. The van der Waals surface area contributed by atoms with Gasteiger partial charge in [0, 0.05) is 6.54 Å². The van der Waals surface area contributed by atoms with Gasteiger partial charge in [-0.2, -0.15) is 5.10 Å². The normalized spacial score (nSPS) is 17.8. The molecule has 2 heterocycles. The first-order valence-electron chi connectivity index (χ1n) is 8.21. The molecular formula is C17H21FN4O2. The zero-order valence-corrected chi connectivity index (χ0v) is 13.7. The zero-order chi connectivity index (χ0) is 16.9. The number of carbonyl (C=O) groups excluding carboxylic acids is 1. The SMILES string of the molecule is Cc1nc([C@H]2CCCCN2C(=O)CCOc2ccccc2F)n[nH]1. The maximum atomic E-state index is 13.5. The van der Waals surface area contributed by atoms with Gasteiger partial charge in [0.1, 0.15) is 5.82 Å². The van der Waals surface area contributed by atoms with Gasteiger partial charge >= 0.3 is 0 Å². The number of amides is 1. The molecule has 0 unspecified atom stereocenters. The van der Waals surface area contributed by atoms with Gasteiger partial charge in [0.05, 0.1) is 19.1 Å². The molecule has 1 fully saturated rings. The lowest BCUT2D eigenvalue weighted by atomic mass is 10.0. The van der Waals surface area contributed by atoms with E-state index in [1.807, 2.05) is 11.8 Å². The largest absolute Gasteiger partial charge is 0.490 e. The van der Waals surface area contributed by atoms with Gasteiger partial charge in [-0.3, -0.25) is 9.89 Å². The molecule has 6 nitrogen and oxygen atoms in total. The Balaban J connectivity index is 1.59. The van der Waals surface area contributed by atoms with Crippen LogP contribution in [0.5, 0.6) is 5.75 Å². The van der Waals surface area contributed by atoms with Gasteiger partial charge in [-0.05, 0) is 38.3 Å². The third kappa shape index (κ3) is 3.72. The highest BCUT2D eigenvalue weighted by Crippen LogP contribution is 2.29. The van der Waals surface area contributed by atoms with Crippen molar-refractivity contribution >= 4 is 5.91 Å². The predicted molar refractivity (Wildman–Crippen MR) is 85.9 cm³/mol. The van der Waals surface area contributed by atoms with E-state index in [0.717, 1.165) is 25.1 Å². The number of aromatic amines is 1. The van der Waals surface area contributed by atoms with Crippen molar-refractivity contribution in [1.29, 1.82) is 0 Å². The van der Waals surface area contributed by atoms with Crippen molar-refractivity contribution in [2.45, 2.75) is 38.6 Å². The van der Waals surface area contributed by atoms with E-state index in [-0.39, 0.29) is 30.7 Å². The molecular weight excluding hydrogens is 311 g/mol. The summed E-state index contributed by atoms with van der Waals surface area (Å²) in [6.07, 6.45) is 3.08. The van der Waals surface area contributed by atoms with Crippen molar-refractivity contribution < 1.29 is 13.9 Å². The zero-order valence-electron chi connectivity index (χ0n) is 13.7. The second-order valence-electron chi connectivity index (χ2n) is 5.91. The average molecular weight is 332 g/mol. The van der Waals surface area contributed by atoms with Crippen molar-refractivity contribution in [3.63, 3.8) is 0 Å². The maximum Gasteiger partial charge on any atom is 0.226 e. The molecule has 1 saturated heterocycles. The number of para-hydroxylation sites is 1. The van der Waals surface area contributed by atoms with Crippen LogP contribution in [0.1, 0.15) is 43.4 Å². The minimum Gasteiger partial charge on any atom is -0.490 e. The highest BCUT2D eigenvalue weighted by Gasteiger charge is 2.30. The van der Waals surface area contributed by atoms with Crippen LogP contribution in [0.3, 0.4) is 0 Å². The number of likely N-dealkylation sites (tertiary alicyclic amines) is 1. The molecule has 24 heavy (non-hydrogen) atoms. The third-order valence-electron chi connectivity index (χ3n) is 4.15. The predicted octanol–water partition coefficient (Wildman–Crippen LogP) is 2.77. The first-order valence-corrected chi connectivity index (χ1v) is 8.21. The number of aryl methyl sites for hydroxylation is 1. The summed E-state index contributed by atoms with van der Waals surface area (Å²) in [6.45, 7) is 2.68. The molecule has 0 bridgehead atoms. The van der Waals surface area contributed by atoms with Crippen LogP contribution in [0.2, 0.25) is 0 Å². The van der Waals surface area contributed by atoms with E-state index in [2.05, 4.69) is 15.2 Å². The molecule has 2 aromatic rings. The van der Waals surface area contributed by atoms with Crippen molar-refractivity contribution in [2.24, 2.45) is 0 Å². The smallest absolute Gasteiger partial charge is 0.226 e. The summed E-state index contributed by atoms with van der Waals surface area (Å²) in [5.41, 5.74) is 0. The quantitative estimate of drug-likeness (QED) is 0.914. The molecule has 7 heteroatoms. The Hall–Kier alpha value is -2.44.